The summed E-state index contributed by atoms with van der Waals surface area (Å²) in [6, 6.07) is 11.8. The summed E-state index contributed by atoms with van der Waals surface area (Å²) < 4.78 is 18.5. The minimum absolute atomic E-state index is 0.256. The number of urea groups is 1. The number of nitrogens with one attached hydrogen (secondary N) is 2. The Balaban J connectivity index is 1.67. The maximum absolute atomic E-state index is 13.0. The van der Waals surface area contributed by atoms with E-state index in [0.717, 1.165) is 6.42 Å². The Morgan fingerprint density at radius 1 is 1.15 bits per heavy atom. The van der Waals surface area contributed by atoms with Crippen LogP contribution in [-0.2, 0) is 4.79 Å². The van der Waals surface area contributed by atoms with Gasteiger partial charge in [0.1, 0.15) is 17.6 Å². The topological polar surface area (TPSA) is 70.7 Å². The number of anilines is 2. The first kappa shape index (κ1) is 18.7. The molecule has 0 unspecified atom stereocenters. The van der Waals surface area contributed by atoms with E-state index in [4.69, 9.17) is 4.74 Å². The molecule has 1 fully saturated rings. The zero-order chi connectivity index (χ0) is 19.2. The minimum Gasteiger partial charge on any atom is -0.492 e. The minimum atomic E-state index is -0.569. The van der Waals surface area contributed by atoms with E-state index in [1.165, 1.54) is 29.2 Å². The summed E-state index contributed by atoms with van der Waals surface area (Å²) in [4.78, 5) is 26.8. The normalized spacial score (nSPS) is 16.1. The average Bonchev–Trinajstić information content (AvgIpc) is 3.15. The number of carbonyl (C=O) groups excluding carboxylic acids is 2. The number of hydrogen-bond donors (Lipinski definition) is 2. The Bertz CT molecular complexity index is 810. The van der Waals surface area contributed by atoms with E-state index in [1.807, 2.05) is 19.1 Å². The first-order valence-electron chi connectivity index (χ1n) is 8.94. The smallest absolute Gasteiger partial charge is 0.322 e. The van der Waals surface area contributed by atoms with Gasteiger partial charge in [-0.05, 0) is 56.2 Å². The highest BCUT2D eigenvalue weighted by Gasteiger charge is 2.34. The molecule has 6 nitrogen and oxygen atoms in total. The standard InChI is InChI=1S/C20H22FN3O3/c1-2-27-18-8-4-3-6-16(18)23-19(25)17-7-5-13-24(17)20(26)22-15-11-9-14(21)10-12-15/h3-4,6,8-12,17H,2,5,7,13H2,1H3,(H,22,26)(H,23,25)/t17-/m1/s1. The molecule has 0 aromatic heterocycles. The lowest BCUT2D eigenvalue weighted by atomic mass is 10.2. The van der Waals surface area contributed by atoms with Gasteiger partial charge >= 0.3 is 6.03 Å². The van der Waals surface area contributed by atoms with Gasteiger partial charge in [0.15, 0.2) is 0 Å². The van der Waals surface area contributed by atoms with Gasteiger partial charge in [-0.1, -0.05) is 12.1 Å². The first-order chi connectivity index (χ1) is 13.1. The number of benzene rings is 2. The van der Waals surface area contributed by atoms with Crippen LogP contribution in [-0.4, -0.2) is 36.0 Å². The average molecular weight is 371 g/mol. The Morgan fingerprint density at radius 2 is 1.89 bits per heavy atom. The second-order valence-corrected chi connectivity index (χ2v) is 6.21. The first-order valence-corrected chi connectivity index (χ1v) is 8.94. The zero-order valence-electron chi connectivity index (χ0n) is 15.1. The molecule has 3 amide bonds. The predicted molar refractivity (Wildman–Crippen MR) is 101 cm³/mol. The largest absolute Gasteiger partial charge is 0.492 e. The molecule has 0 saturated carbocycles. The van der Waals surface area contributed by atoms with Gasteiger partial charge in [0, 0.05) is 12.2 Å². The van der Waals surface area contributed by atoms with Gasteiger partial charge in [-0.25, -0.2) is 9.18 Å². The number of ether oxygens (including phenoxy) is 1. The molecule has 0 aliphatic carbocycles. The molecule has 0 bridgehead atoms. The third kappa shape index (κ3) is 4.55. The second kappa shape index (κ2) is 8.53. The van der Waals surface area contributed by atoms with E-state index in [2.05, 4.69) is 10.6 Å². The van der Waals surface area contributed by atoms with Crippen molar-refractivity contribution in [2.24, 2.45) is 0 Å². The van der Waals surface area contributed by atoms with E-state index in [-0.39, 0.29) is 17.8 Å². The van der Waals surface area contributed by atoms with Crippen LogP contribution in [0, 0.1) is 5.82 Å². The van der Waals surface area contributed by atoms with E-state index in [0.29, 0.717) is 36.7 Å². The van der Waals surface area contributed by atoms with Crippen LogP contribution in [0.1, 0.15) is 19.8 Å². The van der Waals surface area contributed by atoms with Gasteiger partial charge < -0.3 is 20.3 Å². The Labute approximate surface area is 157 Å². The van der Waals surface area contributed by atoms with Crippen LogP contribution in [0.4, 0.5) is 20.6 Å². The SMILES string of the molecule is CCOc1ccccc1NC(=O)[C@H]1CCCN1C(=O)Nc1ccc(F)cc1. The van der Waals surface area contributed by atoms with E-state index >= 15 is 0 Å². The number of rotatable bonds is 5. The van der Waals surface area contributed by atoms with Crippen molar-refractivity contribution in [3.63, 3.8) is 0 Å². The van der Waals surface area contributed by atoms with Crippen molar-refractivity contribution in [1.29, 1.82) is 0 Å². The molecule has 2 N–H and O–H groups in total. The number of nitrogens with zero attached hydrogens (tertiary/aromatic N) is 1. The number of para-hydroxylation sites is 2. The van der Waals surface area contributed by atoms with Gasteiger partial charge in [-0.2, -0.15) is 0 Å². The third-order valence-electron chi connectivity index (χ3n) is 4.36. The van der Waals surface area contributed by atoms with Crippen molar-refractivity contribution >= 4 is 23.3 Å². The number of likely N-dealkylation sites (tertiary alicyclic amines) is 1. The summed E-state index contributed by atoms with van der Waals surface area (Å²) in [6.45, 7) is 2.85. The van der Waals surface area contributed by atoms with Crippen molar-refractivity contribution in [2.75, 3.05) is 23.8 Å². The van der Waals surface area contributed by atoms with Crippen LogP contribution in [0.3, 0.4) is 0 Å². The molecule has 1 heterocycles. The van der Waals surface area contributed by atoms with E-state index in [9.17, 15) is 14.0 Å². The molecule has 27 heavy (non-hydrogen) atoms. The lowest BCUT2D eigenvalue weighted by molar-refractivity contribution is -0.119. The summed E-state index contributed by atoms with van der Waals surface area (Å²) in [5, 5.41) is 5.57. The summed E-state index contributed by atoms with van der Waals surface area (Å²) in [7, 11) is 0. The van der Waals surface area contributed by atoms with Gasteiger partial charge in [0.05, 0.1) is 12.3 Å². The molecule has 0 radical (unpaired) electrons. The van der Waals surface area contributed by atoms with Crippen LogP contribution in [0.25, 0.3) is 0 Å². The van der Waals surface area contributed by atoms with Gasteiger partial charge in [0.2, 0.25) is 5.91 Å². The fourth-order valence-corrected chi connectivity index (χ4v) is 3.08. The molecule has 0 spiro atoms. The number of halogens is 1. The molecule has 1 aliphatic rings. The number of hydrogen-bond acceptors (Lipinski definition) is 3. The predicted octanol–water partition coefficient (Wildman–Crippen LogP) is 3.86. The highest BCUT2D eigenvalue weighted by atomic mass is 19.1. The maximum atomic E-state index is 13.0. The van der Waals surface area contributed by atoms with Gasteiger partial charge in [-0.3, -0.25) is 4.79 Å². The fraction of sp³-hybridized carbons (Fsp3) is 0.300. The van der Waals surface area contributed by atoms with Gasteiger partial charge in [0.25, 0.3) is 0 Å². The zero-order valence-corrected chi connectivity index (χ0v) is 15.1. The van der Waals surface area contributed by atoms with Crippen molar-refractivity contribution in [3.05, 3.63) is 54.3 Å². The Hall–Kier alpha value is -3.09. The lowest BCUT2D eigenvalue weighted by Crippen LogP contribution is -2.45. The molecule has 2 aromatic rings. The van der Waals surface area contributed by atoms with Crippen molar-refractivity contribution in [3.8, 4) is 5.75 Å². The maximum Gasteiger partial charge on any atom is 0.322 e. The van der Waals surface area contributed by atoms with Crippen LogP contribution >= 0.6 is 0 Å². The van der Waals surface area contributed by atoms with Crippen LogP contribution in [0.5, 0.6) is 5.75 Å². The summed E-state index contributed by atoms with van der Waals surface area (Å²) in [6.07, 6.45) is 1.32. The summed E-state index contributed by atoms with van der Waals surface area (Å²) >= 11 is 0. The molecule has 142 valence electrons. The molecule has 2 aromatic carbocycles. The summed E-state index contributed by atoms with van der Waals surface area (Å²) in [5.74, 6) is -0.0399. The summed E-state index contributed by atoms with van der Waals surface area (Å²) in [5.41, 5.74) is 1.06. The molecule has 1 atom stereocenters. The molecular formula is C20H22FN3O3. The van der Waals surface area contributed by atoms with Crippen molar-refractivity contribution in [2.45, 2.75) is 25.8 Å². The Kier molecular flexibility index (Phi) is 5.90. The number of carbonyl (C=O) groups is 2. The number of amides is 3. The van der Waals surface area contributed by atoms with Crippen LogP contribution < -0.4 is 15.4 Å². The quantitative estimate of drug-likeness (QED) is 0.838. The van der Waals surface area contributed by atoms with E-state index in [1.54, 1.807) is 12.1 Å². The highest BCUT2D eigenvalue weighted by molar-refractivity contribution is 6.00. The van der Waals surface area contributed by atoms with Crippen molar-refractivity contribution in [1.82, 2.24) is 4.90 Å². The van der Waals surface area contributed by atoms with Gasteiger partial charge in [-0.15, -0.1) is 0 Å². The molecule has 1 aliphatic heterocycles. The lowest BCUT2D eigenvalue weighted by Gasteiger charge is -2.24. The molecule has 7 heteroatoms. The van der Waals surface area contributed by atoms with Crippen LogP contribution in [0.15, 0.2) is 48.5 Å². The molecular weight excluding hydrogens is 349 g/mol. The highest BCUT2D eigenvalue weighted by Crippen LogP contribution is 2.26. The second-order valence-electron chi connectivity index (χ2n) is 6.21. The molecule has 1 saturated heterocycles. The monoisotopic (exact) mass is 371 g/mol. The van der Waals surface area contributed by atoms with Crippen LogP contribution in [0.2, 0.25) is 0 Å². The Morgan fingerprint density at radius 3 is 2.63 bits per heavy atom. The van der Waals surface area contributed by atoms with E-state index < -0.39 is 6.04 Å². The van der Waals surface area contributed by atoms with Crippen molar-refractivity contribution < 1.29 is 18.7 Å². The third-order valence-corrected chi connectivity index (χ3v) is 4.36. The molecule has 3 rings (SSSR count). The fourth-order valence-electron chi connectivity index (χ4n) is 3.08.